The highest BCUT2D eigenvalue weighted by Gasteiger charge is 2.62. The van der Waals surface area contributed by atoms with E-state index in [1.54, 1.807) is 0 Å². The first-order chi connectivity index (χ1) is 9.28. The summed E-state index contributed by atoms with van der Waals surface area (Å²) in [5.74, 6) is 4.83. The van der Waals surface area contributed by atoms with E-state index in [1.165, 1.54) is 25.7 Å². The van der Waals surface area contributed by atoms with Crippen LogP contribution in [0, 0.1) is 35.5 Å². The SMILES string of the molecule is O=C(CO)OCOC1CC2CC1C1C3CCC(C3)C21. The molecule has 0 aliphatic heterocycles. The van der Waals surface area contributed by atoms with E-state index >= 15 is 0 Å². The van der Waals surface area contributed by atoms with Gasteiger partial charge in [0.1, 0.15) is 6.61 Å². The molecular weight excluding hydrogens is 244 g/mol. The summed E-state index contributed by atoms with van der Waals surface area (Å²) < 4.78 is 10.6. The molecule has 0 amide bonds. The molecular formula is C15H22O4. The van der Waals surface area contributed by atoms with Gasteiger partial charge in [-0.25, -0.2) is 4.79 Å². The molecule has 19 heavy (non-hydrogen) atoms. The van der Waals surface area contributed by atoms with E-state index in [9.17, 15) is 4.79 Å². The summed E-state index contributed by atoms with van der Waals surface area (Å²) >= 11 is 0. The van der Waals surface area contributed by atoms with Crippen LogP contribution >= 0.6 is 0 Å². The van der Waals surface area contributed by atoms with E-state index in [-0.39, 0.29) is 12.9 Å². The van der Waals surface area contributed by atoms with Crippen LogP contribution in [0.25, 0.3) is 0 Å². The summed E-state index contributed by atoms with van der Waals surface area (Å²) in [4.78, 5) is 10.9. The van der Waals surface area contributed by atoms with Gasteiger partial charge in [0.15, 0.2) is 6.79 Å². The highest BCUT2D eigenvalue weighted by molar-refractivity contribution is 5.70. The largest absolute Gasteiger partial charge is 0.437 e. The van der Waals surface area contributed by atoms with Gasteiger partial charge in [0.05, 0.1) is 6.10 Å². The van der Waals surface area contributed by atoms with Crippen molar-refractivity contribution in [3.05, 3.63) is 0 Å². The lowest BCUT2D eigenvalue weighted by molar-refractivity contribution is -0.168. The number of carbonyl (C=O) groups is 1. The van der Waals surface area contributed by atoms with Crippen molar-refractivity contribution < 1.29 is 19.4 Å². The Balaban J connectivity index is 1.36. The number of rotatable bonds is 4. The van der Waals surface area contributed by atoms with Crippen LogP contribution in [0.3, 0.4) is 0 Å². The van der Waals surface area contributed by atoms with Crippen molar-refractivity contribution in [2.45, 2.75) is 38.2 Å². The maximum atomic E-state index is 10.9. The lowest BCUT2D eigenvalue weighted by Crippen LogP contribution is -2.36. The predicted octanol–water partition coefficient (Wildman–Crippen LogP) is 1.57. The minimum absolute atomic E-state index is 0.0127. The summed E-state index contributed by atoms with van der Waals surface area (Å²) in [5.41, 5.74) is 0. The highest BCUT2D eigenvalue weighted by Crippen LogP contribution is 2.67. The van der Waals surface area contributed by atoms with Crippen LogP contribution in [-0.4, -0.2) is 30.6 Å². The quantitative estimate of drug-likeness (QED) is 0.477. The Morgan fingerprint density at radius 2 is 1.84 bits per heavy atom. The standard InChI is InChI=1S/C15H22O4/c16-6-13(17)19-7-18-12-5-10-4-11(12)15-9-2-1-8(3-9)14(10)15/h8-12,14-16H,1-7H2. The summed E-state index contributed by atoms with van der Waals surface area (Å²) in [5, 5.41) is 8.60. The van der Waals surface area contributed by atoms with E-state index in [0.717, 1.165) is 36.0 Å². The molecule has 4 fully saturated rings. The monoisotopic (exact) mass is 266 g/mol. The van der Waals surface area contributed by atoms with Crippen LogP contribution in [0.2, 0.25) is 0 Å². The van der Waals surface area contributed by atoms with Crippen molar-refractivity contribution in [2.24, 2.45) is 35.5 Å². The van der Waals surface area contributed by atoms with Gasteiger partial charge in [0.25, 0.3) is 0 Å². The zero-order valence-electron chi connectivity index (χ0n) is 11.2. The Hall–Kier alpha value is -0.610. The first-order valence-corrected chi connectivity index (χ1v) is 7.66. The number of aliphatic hydroxyl groups is 1. The van der Waals surface area contributed by atoms with Gasteiger partial charge in [-0.15, -0.1) is 0 Å². The van der Waals surface area contributed by atoms with Crippen molar-refractivity contribution >= 4 is 5.97 Å². The van der Waals surface area contributed by atoms with Crippen LogP contribution in [0.5, 0.6) is 0 Å². The van der Waals surface area contributed by atoms with Crippen molar-refractivity contribution in [3.63, 3.8) is 0 Å². The van der Waals surface area contributed by atoms with Crippen molar-refractivity contribution in [1.29, 1.82) is 0 Å². The molecule has 4 nitrogen and oxygen atoms in total. The van der Waals surface area contributed by atoms with Crippen LogP contribution in [0.1, 0.15) is 32.1 Å². The summed E-state index contributed by atoms with van der Waals surface area (Å²) in [6.45, 7) is -0.548. The number of ether oxygens (including phenoxy) is 2. The number of fused-ring (bicyclic) bond motifs is 9. The van der Waals surface area contributed by atoms with E-state index in [0.29, 0.717) is 5.92 Å². The maximum Gasteiger partial charge on any atom is 0.333 e. The Labute approximate surface area is 113 Å². The first kappa shape index (κ1) is 12.2. The molecule has 4 rings (SSSR count). The fourth-order valence-electron chi connectivity index (χ4n) is 5.93. The second-order valence-corrected chi connectivity index (χ2v) is 6.88. The van der Waals surface area contributed by atoms with Crippen LogP contribution in [0.4, 0.5) is 0 Å². The van der Waals surface area contributed by atoms with Gasteiger partial charge in [-0.3, -0.25) is 0 Å². The molecule has 106 valence electrons. The second kappa shape index (κ2) is 4.45. The fourth-order valence-corrected chi connectivity index (χ4v) is 5.93. The van der Waals surface area contributed by atoms with E-state index in [1.807, 2.05) is 0 Å². The van der Waals surface area contributed by atoms with E-state index in [2.05, 4.69) is 0 Å². The van der Waals surface area contributed by atoms with E-state index in [4.69, 9.17) is 14.6 Å². The van der Waals surface area contributed by atoms with Crippen LogP contribution in [-0.2, 0) is 14.3 Å². The molecule has 0 saturated heterocycles. The van der Waals surface area contributed by atoms with Gasteiger partial charge >= 0.3 is 5.97 Å². The molecule has 4 bridgehead atoms. The number of hydrogen-bond donors (Lipinski definition) is 1. The van der Waals surface area contributed by atoms with Gasteiger partial charge in [-0.2, -0.15) is 0 Å². The lowest BCUT2D eigenvalue weighted by Gasteiger charge is -2.38. The molecule has 4 aliphatic rings. The molecule has 0 aromatic carbocycles. The van der Waals surface area contributed by atoms with Gasteiger partial charge in [0, 0.05) is 0 Å². The summed E-state index contributed by atoms with van der Waals surface area (Å²) in [6.07, 6.45) is 7.15. The maximum absolute atomic E-state index is 10.9. The molecule has 4 heteroatoms. The molecule has 7 unspecified atom stereocenters. The van der Waals surface area contributed by atoms with Crippen molar-refractivity contribution in [2.75, 3.05) is 13.4 Å². The minimum atomic E-state index is -0.596. The first-order valence-electron chi connectivity index (χ1n) is 7.66. The molecule has 4 saturated carbocycles. The normalized spacial score (nSPS) is 49.6. The molecule has 0 aromatic heterocycles. The lowest BCUT2D eigenvalue weighted by atomic mass is 9.70. The molecule has 0 spiro atoms. The Kier molecular flexibility index (Phi) is 2.85. The zero-order valence-corrected chi connectivity index (χ0v) is 11.2. The average molecular weight is 266 g/mol. The third-order valence-corrected chi connectivity index (χ3v) is 6.30. The third kappa shape index (κ3) is 1.76. The molecule has 4 aliphatic carbocycles. The number of hydrogen-bond acceptors (Lipinski definition) is 4. The Bertz CT molecular complexity index is 382. The highest BCUT2D eigenvalue weighted by atomic mass is 16.7. The van der Waals surface area contributed by atoms with E-state index < -0.39 is 12.6 Å². The average Bonchev–Trinajstić information content (AvgIpc) is 3.16. The van der Waals surface area contributed by atoms with Crippen molar-refractivity contribution in [3.8, 4) is 0 Å². The number of carbonyl (C=O) groups excluding carboxylic acids is 1. The number of aliphatic hydroxyl groups excluding tert-OH is 1. The molecule has 0 aromatic rings. The number of esters is 1. The molecule has 0 radical (unpaired) electrons. The van der Waals surface area contributed by atoms with Crippen LogP contribution < -0.4 is 0 Å². The van der Waals surface area contributed by atoms with Gasteiger partial charge in [-0.1, -0.05) is 0 Å². The predicted molar refractivity (Wildman–Crippen MR) is 66.9 cm³/mol. The van der Waals surface area contributed by atoms with Crippen LogP contribution in [0.15, 0.2) is 0 Å². The molecule has 7 atom stereocenters. The second-order valence-electron chi connectivity index (χ2n) is 6.88. The Morgan fingerprint density at radius 3 is 2.63 bits per heavy atom. The third-order valence-electron chi connectivity index (χ3n) is 6.30. The smallest absolute Gasteiger partial charge is 0.333 e. The van der Waals surface area contributed by atoms with Gasteiger partial charge in [0.2, 0.25) is 0 Å². The topological polar surface area (TPSA) is 55.8 Å². The molecule has 0 heterocycles. The van der Waals surface area contributed by atoms with Gasteiger partial charge < -0.3 is 14.6 Å². The molecule has 1 N–H and O–H groups in total. The Morgan fingerprint density at radius 1 is 1.05 bits per heavy atom. The summed E-state index contributed by atoms with van der Waals surface area (Å²) in [7, 11) is 0. The minimum Gasteiger partial charge on any atom is -0.437 e. The zero-order chi connectivity index (χ0) is 13.0. The van der Waals surface area contributed by atoms with Gasteiger partial charge in [-0.05, 0) is 67.6 Å². The summed E-state index contributed by atoms with van der Waals surface area (Å²) in [6, 6.07) is 0. The fraction of sp³-hybridized carbons (Fsp3) is 0.933. The van der Waals surface area contributed by atoms with Crippen molar-refractivity contribution in [1.82, 2.24) is 0 Å².